The van der Waals surface area contributed by atoms with Gasteiger partial charge in [0.2, 0.25) is 0 Å². The van der Waals surface area contributed by atoms with Crippen LogP contribution >= 0.6 is 0 Å². The van der Waals surface area contributed by atoms with E-state index in [0.717, 1.165) is 11.5 Å². The number of hydrogen-bond acceptors (Lipinski definition) is 1. The molecule has 19 heavy (non-hydrogen) atoms. The van der Waals surface area contributed by atoms with E-state index in [0.29, 0.717) is 5.56 Å². The summed E-state index contributed by atoms with van der Waals surface area (Å²) in [7, 11) is 0. The third kappa shape index (κ3) is 3.57. The number of hydrogen-bond donors (Lipinski definition) is 0. The Labute approximate surface area is 114 Å². The number of alkyl halides is 1. The lowest BCUT2D eigenvalue weighted by Gasteiger charge is -2.19. The van der Waals surface area contributed by atoms with Crippen LogP contribution in [-0.2, 0) is 12.1 Å². The predicted octanol–water partition coefficient (Wildman–Crippen LogP) is 5.25. The summed E-state index contributed by atoms with van der Waals surface area (Å²) in [6.07, 6.45) is 0. The van der Waals surface area contributed by atoms with E-state index in [1.165, 1.54) is 5.56 Å². The van der Waals surface area contributed by atoms with E-state index in [2.05, 4.69) is 32.9 Å². The van der Waals surface area contributed by atoms with Gasteiger partial charge in [-0.25, -0.2) is 4.39 Å². The van der Waals surface area contributed by atoms with Crippen molar-refractivity contribution in [3.63, 3.8) is 0 Å². The minimum absolute atomic E-state index is 0.140. The summed E-state index contributed by atoms with van der Waals surface area (Å²) in [5.74, 6) is 1.52. The van der Waals surface area contributed by atoms with Crippen molar-refractivity contribution < 1.29 is 9.13 Å². The number of halogens is 1. The molecule has 2 aromatic carbocycles. The molecule has 0 aliphatic rings. The summed E-state index contributed by atoms with van der Waals surface area (Å²) in [4.78, 5) is 0. The first-order chi connectivity index (χ1) is 8.99. The SMILES string of the molecule is CC(C)(C)c1ccc(Oc2ccc(CF)cc2)cc1. The van der Waals surface area contributed by atoms with Crippen LogP contribution in [0.25, 0.3) is 0 Å². The van der Waals surface area contributed by atoms with Crippen molar-refractivity contribution in [1.82, 2.24) is 0 Å². The fourth-order valence-corrected chi connectivity index (χ4v) is 1.81. The summed E-state index contributed by atoms with van der Waals surface area (Å²) < 4.78 is 18.1. The number of benzene rings is 2. The van der Waals surface area contributed by atoms with Crippen molar-refractivity contribution in [3.8, 4) is 11.5 Å². The van der Waals surface area contributed by atoms with Crippen molar-refractivity contribution in [2.75, 3.05) is 0 Å². The topological polar surface area (TPSA) is 9.23 Å². The van der Waals surface area contributed by atoms with Crippen LogP contribution < -0.4 is 4.74 Å². The lowest BCUT2D eigenvalue weighted by molar-refractivity contribution is 0.474. The minimum Gasteiger partial charge on any atom is -0.457 e. The van der Waals surface area contributed by atoms with Gasteiger partial charge in [-0.1, -0.05) is 45.0 Å². The van der Waals surface area contributed by atoms with Crippen molar-refractivity contribution >= 4 is 0 Å². The molecule has 0 bridgehead atoms. The van der Waals surface area contributed by atoms with E-state index in [1.54, 1.807) is 24.3 Å². The summed E-state index contributed by atoms with van der Waals surface area (Å²) in [5, 5.41) is 0. The van der Waals surface area contributed by atoms with Crippen molar-refractivity contribution in [1.29, 1.82) is 0 Å². The van der Waals surface area contributed by atoms with Gasteiger partial charge in [-0.2, -0.15) is 0 Å². The van der Waals surface area contributed by atoms with Crippen LogP contribution in [0, 0.1) is 0 Å². The molecular weight excluding hydrogens is 239 g/mol. The van der Waals surface area contributed by atoms with Crippen molar-refractivity contribution in [2.45, 2.75) is 32.9 Å². The molecule has 0 spiro atoms. The molecule has 0 aromatic heterocycles. The fourth-order valence-electron chi connectivity index (χ4n) is 1.81. The average Bonchev–Trinajstić information content (AvgIpc) is 2.39. The second kappa shape index (κ2) is 5.43. The summed E-state index contributed by atoms with van der Waals surface area (Å²) >= 11 is 0. The Bertz CT molecular complexity index is 521. The first-order valence-electron chi connectivity index (χ1n) is 6.42. The highest BCUT2D eigenvalue weighted by Gasteiger charge is 2.12. The molecule has 2 aromatic rings. The monoisotopic (exact) mass is 258 g/mol. The van der Waals surface area contributed by atoms with E-state index in [9.17, 15) is 4.39 Å². The third-order valence-electron chi connectivity index (χ3n) is 3.03. The van der Waals surface area contributed by atoms with Crippen LogP contribution in [0.1, 0.15) is 31.9 Å². The molecule has 1 nitrogen and oxygen atoms in total. The molecule has 0 heterocycles. The van der Waals surface area contributed by atoms with Crippen LogP contribution in [0.5, 0.6) is 11.5 Å². The van der Waals surface area contributed by atoms with Crippen LogP contribution in [0.3, 0.4) is 0 Å². The van der Waals surface area contributed by atoms with E-state index >= 15 is 0 Å². The fraction of sp³-hybridized carbons (Fsp3) is 0.294. The second-order valence-electron chi connectivity index (χ2n) is 5.65. The molecule has 0 atom stereocenters. The predicted molar refractivity (Wildman–Crippen MR) is 76.5 cm³/mol. The molecule has 2 rings (SSSR count). The zero-order valence-electron chi connectivity index (χ0n) is 11.6. The van der Waals surface area contributed by atoms with Crippen LogP contribution in [-0.4, -0.2) is 0 Å². The number of ether oxygens (including phenoxy) is 1. The molecule has 0 amide bonds. The molecule has 100 valence electrons. The van der Waals surface area contributed by atoms with E-state index < -0.39 is 6.67 Å². The van der Waals surface area contributed by atoms with Gasteiger partial charge in [-0.15, -0.1) is 0 Å². The lowest BCUT2D eigenvalue weighted by atomic mass is 9.87. The van der Waals surface area contributed by atoms with E-state index in [-0.39, 0.29) is 5.41 Å². The van der Waals surface area contributed by atoms with E-state index in [1.807, 2.05) is 12.1 Å². The molecule has 2 heteroatoms. The van der Waals surface area contributed by atoms with E-state index in [4.69, 9.17) is 4.74 Å². The molecule has 0 N–H and O–H groups in total. The maximum absolute atomic E-state index is 12.4. The van der Waals surface area contributed by atoms with Gasteiger partial charge in [0.1, 0.15) is 18.2 Å². The zero-order chi connectivity index (χ0) is 13.9. The lowest BCUT2D eigenvalue weighted by Crippen LogP contribution is -2.10. The average molecular weight is 258 g/mol. The molecular formula is C17H19FO. The quantitative estimate of drug-likeness (QED) is 0.731. The van der Waals surface area contributed by atoms with Crippen molar-refractivity contribution in [2.24, 2.45) is 0 Å². The Balaban J connectivity index is 2.10. The summed E-state index contributed by atoms with van der Waals surface area (Å²) in [5.41, 5.74) is 2.07. The van der Waals surface area contributed by atoms with Gasteiger partial charge >= 0.3 is 0 Å². The Morgan fingerprint density at radius 2 is 1.32 bits per heavy atom. The molecule has 0 aliphatic carbocycles. The first kappa shape index (κ1) is 13.6. The molecule has 0 saturated heterocycles. The Morgan fingerprint density at radius 3 is 1.74 bits per heavy atom. The Morgan fingerprint density at radius 1 is 0.842 bits per heavy atom. The molecule has 0 fully saturated rings. The van der Waals surface area contributed by atoms with Gasteiger partial charge in [0.05, 0.1) is 0 Å². The normalized spacial score (nSPS) is 11.4. The van der Waals surface area contributed by atoms with Crippen LogP contribution in [0.4, 0.5) is 4.39 Å². The highest BCUT2D eigenvalue weighted by atomic mass is 19.1. The van der Waals surface area contributed by atoms with Crippen LogP contribution in [0.2, 0.25) is 0 Å². The highest BCUT2D eigenvalue weighted by Crippen LogP contribution is 2.27. The Hall–Kier alpha value is -1.83. The molecule has 0 aliphatic heterocycles. The second-order valence-corrected chi connectivity index (χ2v) is 5.65. The largest absolute Gasteiger partial charge is 0.457 e. The maximum atomic E-state index is 12.4. The maximum Gasteiger partial charge on any atom is 0.127 e. The summed E-state index contributed by atoms with van der Waals surface area (Å²) in [6.45, 7) is 6.09. The molecule has 0 unspecified atom stereocenters. The smallest absolute Gasteiger partial charge is 0.127 e. The van der Waals surface area contributed by atoms with Gasteiger partial charge in [-0.3, -0.25) is 0 Å². The zero-order valence-corrected chi connectivity index (χ0v) is 11.6. The van der Waals surface area contributed by atoms with Gasteiger partial charge in [0, 0.05) is 0 Å². The van der Waals surface area contributed by atoms with Gasteiger partial charge in [0.25, 0.3) is 0 Å². The third-order valence-corrected chi connectivity index (χ3v) is 3.03. The minimum atomic E-state index is -0.444. The van der Waals surface area contributed by atoms with Gasteiger partial charge < -0.3 is 4.74 Å². The summed E-state index contributed by atoms with van der Waals surface area (Å²) in [6, 6.07) is 15.1. The molecule has 0 radical (unpaired) electrons. The number of rotatable bonds is 3. The first-order valence-corrected chi connectivity index (χ1v) is 6.42. The van der Waals surface area contributed by atoms with Gasteiger partial charge in [-0.05, 0) is 40.8 Å². The Kier molecular flexibility index (Phi) is 3.89. The highest BCUT2D eigenvalue weighted by molar-refractivity contribution is 5.36. The van der Waals surface area contributed by atoms with Crippen molar-refractivity contribution in [3.05, 3.63) is 59.7 Å². The molecule has 0 saturated carbocycles. The van der Waals surface area contributed by atoms with Crippen LogP contribution in [0.15, 0.2) is 48.5 Å². The standard InChI is InChI=1S/C17H19FO/c1-17(2,3)14-6-10-16(11-7-14)19-15-8-4-13(12-18)5-9-15/h4-11H,12H2,1-3H3. The van der Waals surface area contributed by atoms with Gasteiger partial charge in [0.15, 0.2) is 0 Å².